The van der Waals surface area contributed by atoms with Crippen LogP contribution in [0.25, 0.3) is 0 Å². The molecule has 6 heteroatoms. The number of methoxy groups -OCH3 is 3. The zero-order chi connectivity index (χ0) is 19.6. The number of hydrogen-bond acceptors (Lipinski definition) is 5. The van der Waals surface area contributed by atoms with Crippen LogP contribution in [-0.4, -0.2) is 33.3 Å². The van der Waals surface area contributed by atoms with Gasteiger partial charge in [0.25, 0.3) is 0 Å². The molecule has 0 aliphatic heterocycles. The van der Waals surface area contributed by atoms with E-state index in [9.17, 15) is 4.79 Å². The number of anilines is 1. The number of ether oxygens (including phenoxy) is 3. The van der Waals surface area contributed by atoms with Crippen LogP contribution in [0.15, 0.2) is 42.5 Å². The molecule has 2 N–H and O–H groups in total. The van der Waals surface area contributed by atoms with Gasteiger partial charge < -0.3 is 24.8 Å². The summed E-state index contributed by atoms with van der Waals surface area (Å²) in [5.41, 5.74) is 2.94. The van der Waals surface area contributed by atoms with Gasteiger partial charge in [-0.05, 0) is 30.2 Å². The molecule has 0 bridgehead atoms. The number of amides is 1. The molecule has 2 aromatic carbocycles. The molecule has 0 saturated heterocycles. The van der Waals surface area contributed by atoms with Gasteiger partial charge in [0.15, 0.2) is 0 Å². The average Bonchev–Trinajstić information content (AvgIpc) is 2.68. The molecule has 6 nitrogen and oxygen atoms in total. The van der Waals surface area contributed by atoms with Crippen LogP contribution < -0.4 is 20.1 Å². The predicted molar refractivity (Wildman–Crippen MR) is 106 cm³/mol. The summed E-state index contributed by atoms with van der Waals surface area (Å²) in [6.07, 6.45) is 0.358. The quantitative estimate of drug-likeness (QED) is 0.669. The van der Waals surface area contributed by atoms with E-state index in [0.29, 0.717) is 36.8 Å². The van der Waals surface area contributed by atoms with Crippen LogP contribution in [-0.2, 0) is 22.7 Å². The van der Waals surface area contributed by atoms with E-state index in [-0.39, 0.29) is 11.9 Å². The molecule has 1 atom stereocenters. The molecule has 2 rings (SSSR count). The fourth-order valence-corrected chi connectivity index (χ4v) is 2.67. The summed E-state index contributed by atoms with van der Waals surface area (Å²) in [6.45, 7) is 3.30. The second-order valence-electron chi connectivity index (χ2n) is 6.35. The number of hydrogen-bond donors (Lipinski definition) is 2. The molecule has 27 heavy (non-hydrogen) atoms. The highest BCUT2D eigenvalue weighted by Crippen LogP contribution is 2.29. The van der Waals surface area contributed by atoms with Crippen LogP contribution in [0.3, 0.4) is 0 Å². The molecular weight excluding hydrogens is 344 g/mol. The molecule has 1 amide bonds. The van der Waals surface area contributed by atoms with E-state index in [1.54, 1.807) is 39.5 Å². The predicted octanol–water partition coefficient (Wildman–Crippen LogP) is 3.36. The molecule has 1 unspecified atom stereocenters. The first-order valence-corrected chi connectivity index (χ1v) is 8.87. The molecule has 0 radical (unpaired) electrons. The van der Waals surface area contributed by atoms with Crippen molar-refractivity contribution in [2.45, 2.75) is 32.5 Å². The van der Waals surface area contributed by atoms with Crippen molar-refractivity contribution in [2.75, 3.05) is 26.6 Å². The summed E-state index contributed by atoms with van der Waals surface area (Å²) < 4.78 is 15.6. The molecular formula is C21H28N2O4. The highest BCUT2D eigenvalue weighted by molar-refractivity contribution is 5.92. The first-order chi connectivity index (χ1) is 13.0. The highest BCUT2D eigenvalue weighted by atomic mass is 16.5. The maximum atomic E-state index is 12.3. The van der Waals surface area contributed by atoms with Gasteiger partial charge in [-0.3, -0.25) is 4.79 Å². The van der Waals surface area contributed by atoms with Gasteiger partial charge in [-0.2, -0.15) is 0 Å². The van der Waals surface area contributed by atoms with Crippen LogP contribution in [0, 0.1) is 0 Å². The molecule has 0 spiro atoms. The van der Waals surface area contributed by atoms with Crippen LogP contribution in [0.2, 0.25) is 0 Å². The summed E-state index contributed by atoms with van der Waals surface area (Å²) in [7, 11) is 4.84. The van der Waals surface area contributed by atoms with Gasteiger partial charge in [0.1, 0.15) is 11.5 Å². The number of benzene rings is 2. The second-order valence-corrected chi connectivity index (χ2v) is 6.35. The zero-order valence-corrected chi connectivity index (χ0v) is 16.4. The van der Waals surface area contributed by atoms with Gasteiger partial charge in [0.05, 0.1) is 26.5 Å². The van der Waals surface area contributed by atoms with Gasteiger partial charge in [0, 0.05) is 32.2 Å². The van der Waals surface area contributed by atoms with Crippen molar-refractivity contribution in [3.8, 4) is 11.5 Å². The SMILES string of the molecule is COCc1ccc(CNC(C)CC(=O)Nc2ccc(OC)cc2OC)cc1. The minimum atomic E-state index is -0.0751. The van der Waals surface area contributed by atoms with Gasteiger partial charge in [-0.1, -0.05) is 24.3 Å². The Hall–Kier alpha value is -2.57. The van der Waals surface area contributed by atoms with Crippen molar-refractivity contribution in [2.24, 2.45) is 0 Å². The van der Waals surface area contributed by atoms with E-state index in [4.69, 9.17) is 14.2 Å². The first-order valence-electron chi connectivity index (χ1n) is 8.87. The summed E-state index contributed by atoms with van der Waals surface area (Å²) in [6, 6.07) is 13.6. The monoisotopic (exact) mass is 372 g/mol. The highest BCUT2D eigenvalue weighted by Gasteiger charge is 2.12. The Morgan fingerprint density at radius 3 is 2.33 bits per heavy atom. The number of nitrogens with one attached hydrogen (secondary N) is 2. The molecule has 2 aromatic rings. The van der Waals surface area contributed by atoms with Crippen LogP contribution in [0.4, 0.5) is 5.69 Å². The van der Waals surface area contributed by atoms with Gasteiger partial charge in [0.2, 0.25) is 5.91 Å². The smallest absolute Gasteiger partial charge is 0.226 e. The van der Waals surface area contributed by atoms with E-state index in [2.05, 4.69) is 22.8 Å². The van der Waals surface area contributed by atoms with Crippen LogP contribution >= 0.6 is 0 Å². The fraction of sp³-hybridized carbons (Fsp3) is 0.381. The Morgan fingerprint density at radius 2 is 1.70 bits per heavy atom. The second kappa shape index (κ2) is 10.5. The third kappa shape index (κ3) is 6.58. The maximum Gasteiger partial charge on any atom is 0.226 e. The topological polar surface area (TPSA) is 68.8 Å². The molecule has 0 aliphatic rings. The Balaban J connectivity index is 1.83. The zero-order valence-electron chi connectivity index (χ0n) is 16.4. The van der Waals surface area contributed by atoms with Crippen LogP contribution in [0.5, 0.6) is 11.5 Å². The van der Waals surface area contributed by atoms with Gasteiger partial charge >= 0.3 is 0 Å². The maximum absolute atomic E-state index is 12.3. The van der Waals surface area contributed by atoms with Crippen molar-refractivity contribution in [3.63, 3.8) is 0 Å². The lowest BCUT2D eigenvalue weighted by Crippen LogP contribution is -2.30. The molecule has 0 aromatic heterocycles. The normalized spacial score (nSPS) is 11.7. The van der Waals surface area contributed by atoms with Crippen molar-refractivity contribution in [1.82, 2.24) is 5.32 Å². The van der Waals surface area contributed by atoms with E-state index in [1.165, 1.54) is 5.56 Å². The first kappa shape index (κ1) is 20.7. The summed E-state index contributed by atoms with van der Waals surface area (Å²) in [4.78, 5) is 12.3. The summed E-state index contributed by atoms with van der Waals surface area (Å²) in [5.74, 6) is 1.17. The Morgan fingerprint density at radius 1 is 1.00 bits per heavy atom. The standard InChI is InChI=1S/C21H28N2O4/c1-15(22-13-16-5-7-17(8-6-16)14-25-2)11-21(24)23-19-10-9-18(26-3)12-20(19)27-4/h5-10,12,15,22H,11,13-14H2,1-4H3,(H,23,24). The summed E-state index contributed by atoms with van der Waals surface area (Å²) >= 11 is 0. The summed E-state index contributed by atoms with van der Waals surface area (Å²) in [5, 5.41) is 6.26. The van der Waals surface area contributed by atoms with Gasteiger partial charge in [-0.15, -0.1) is 0 Å². The molecule has 146 valence electrons. The minimum Gasteiger partial charge on any atom is -0.497 e. The van der Waals surface area contributed by atoms with Crippen molar-refractivity contribution in [1.29, 1.82) is 0 Å². The van der Waals surface area contributed by atoms with Crippen molar-refractivity contribution < 1.29 is 19.0 Å². The van der Waals surface area contributed by atoms with E-state index >= 15 is 0 Å². The van der Waals surface area contributed by atoms with E-state index in [1.807, 2.05) is 19.1 Å². The van der Waals surface area contributed by atoms with E-state index < -0.39 is 0 Å². The Labute approximate surface area is 160 Å². The molecule has 0 heterocycles. The van der Waals surface area contributed by atoms with Crippen LogP contribution in [0.1, 0.15) is 24.5 Å². The van der Waals surface area contributed by atoms with E-state index in [0.717, 1.165) is 5.56 Å². The van der Waals surface area contributed by atoms with Crippen molar-refractivity contribution >= 4 is 11.6 Å². The largest absolute Gasteiger partial charge is 0.497 e. The molecule has 0 aliphatic carbocycles. The fourth-order valence-electron chi connectivity index (χ4n) is 2.67. The number of rotatable bonds is 10. The lowest BCUT2D eigenvalue weighted by atomic mass is 10.1. The van der Waals surface area contributed by atoms with Crippen molar-refractivity contribution in [3.05, 3.63) is 53.6 Å². The molecule has 0 fully saturated rings. The third-order valence-electron chi connectivity index (χ3n) is 4.16. The lowest BCUT2D eigenvalue weighted by Gasteiger charge is -2.15. The average molecular weight is 372 g/mol. The minimum absolute atomic E-state index is 0.0351. The third-order valence-corrected chi connectivity index (χ3v) is 4.16. The lowest BCUT2D eigenvalue weighted by molar-refractivity contribution is -0.116. The number of carbonyl (C=O) groups excluding carboxylic acids is 1. The molecule has 0 saturated carbocycles. The Bertz CT molecular complexity index is 731. The number of carbonyl (C=O) groups is 1. The Kier molecular flexibility index (Phi) is 8.10. The van der Waals surface area contributed by atoms with Gasteiger partial charge in [-0.25, -0.2) is 0 Å².